The van der Waals surface area contributed by atoms with E-state index in [1.807, 2.05) is 12.1 Å². The maximum Gasteiger partial charge on any atom is 0.151 e. The van der Waals surface area contributed by atoms with Crippen molar-refractivity contribution in [2.75, 3.05) is 13.1 Å². The smallest absolute Gasteiger partial charge is 0.151 e. The first-order valence-electron chi connectivity index (χ1n) is 4.61. The molecule has 1 aromatic rings. The molecule has 1 aliphatic heterocycles. The molecule has 2 heterocycles. The monoisotopic (exact) mass is 175 g/mol. The van der Waals surface area contributed by atoms with Crippen LogP contribution in [0.4, 0.5) is 0 Å². The van der Waals surface area contributed by atoms with Crippen molar-refractivity contribution < 1.29 is 0 Å². The van der Waals surface area contributed by atoms with Gasteiger partial charge in [0.15, 0.2) is 5.82 Å². The van der Waals surface area contributed by atoms with Gasteiger partial charge in [0.2, 0.25) is 0 Å². The van der Waals surface area contributed by atoms with Gasteiger partial charge in [-0.15, -0.1) is 0 Å². The maximum atomic E-state index is 4.12. The average Bonchev–Trinajstić information content (AvgIpc) is 2.69. The molecule has 1 fully saturated rings. The van der Waals surface area contributed by atoms with Gasteiger partial charge in [-0.1, -0.05) is 6.08 Å². The standard InChI is InChI=1S/C10H13N3/c1-5-12-10(13-6-1)3-2-9-4-7-11-8-9/h1-3,5-6,9,11H,4,7-8H2. The molecule has 2 rings (SSSR count). The number of hydrogen-bond donors (Lipinski definition) is 1. The fourth-order valence-corrected chi connectivity index (χ4v) is 1.46. The lowest BCUT2D eigenvalue weighted by Gasteiger charge is -1.97. The van der Waals surface area contributed by atoms with Gasteiger partial charge in [-0.25, -0.2) is 9.97 Å². The summed E-state index contributed by atoms with van der Waals surface area (Å²) in [6.07, 6.45) is 8.94. The molecule has 68 valence electrons. The fourth-order valence-electron chi connectivity index (χ4n) is 1.46. The molecule has 1 N–H and O–H groups in total. The second-order valence-corrected chi connectivity index (χ2v) is 3.22. The van der Waals surface area contributed by atoms with Crippen molar-refractivity contribution in [2.45, 2.75) is 6.42 Å². The van der Waals surface area contributed by atoms with E-state index in [4.69, 9.17) is 0 Å². The lowest BCUT2D eigenvalue weighted by Crippen LogP contribution is -2.07. The summed E-state index contributed by atoms with van der Waals surface area (Å²) in [6.45, 7) is 2.22. The number of nitrogens with one attached hydrogen (secondary N) is 1. The minimum Gasteiger partial charge on any atom is -0.316 e. The third kappa shape index (κ3) is 2.36. The molecule has 0 saturated carbocycles. The second-order valence-electron chi connectivity index (χ2n) is 3.22. The molecular weight excluding hydrogens is 162 g/mol. The minimum absolute atomic E-state index is 0.656. The molecule has 0 spiro atoms. The minimum atomic E-state index is 0.656. The van der Waals surface area contributed by atoms with Crippen LogP contribution in [-0.4, -0.2) is 23.1 Å². The zero-order valence-electron chi connectivity index (χ0n) is 7.48. The van der Waals surface area contributed by atoms with Gasteiger partial charge in [-0.2, -0.15) is 0 Å². The molecule has 13 heavy (non-hydrogen) atoms. The van der Waals surface area contributed by atoms with Crippen molar-refractivity contribution >= 4 is 6.08 Å². The van der Waals surface area contributed by atoms with E-state index in [1.54, 1.807) is 12.4 Å². The predicted octanol–water partition coefficient (Wildman–Crippen LogP) is 1.10. The third-order valence-corrected chi connectivity index (χ3v) is 2.20. The van der Waals surface area contributed by atoms with Crippen LogP contribution in [-0.2, 0) is 0 Å². The highest BCUT2D eigenvalue weighted by molar-refractivity contribution is 5.39. The number of rotatable bonds is 2. The Morgan fingerprint density at radius 1 is 1.38 bits per heavy atom. The zero-order chi connectivity index (χ0) is 8.93. The van der Waals surface area contributed by atoms with Gasteiger partial charge in [-0.3, -0.25) is 0 Å². The van der Waals surface area contributed by atoms with Crippen molar-refractivity contribution in [3.63, 3.8) is 0 Å². The highest BCUT2D eigenvalue weighted by atomic mass is 14.9. The van der Waals surface area contributed by atoms with Crippen LogP contribution in [0.2, 0.25) is 0 Å². The summed E-state index contributed by atoms with van der Waals surface area (Å²) >= 11 is 0. The van der Waals surface area contributed by atoms with E-state index in [9.17, 15) is 0 Å². The summed E-state index contributed by atoms with van der Waals surface area (Å²) in [5.74, 6) is 1.46. The molecule has 1 saturated heterocycles. The van der Waals surface area contributed by atoms with Crippen molar-refractivity contribution in [1.29, 1.82) is 0 Å². The van der Waals surface area contributed by atoms with Crippen LogP contribution in [0.5, 0.6) is 0 Å². The van der Waals surface area contributed by atoms with E-state index in [2.05, 4.69) is 21.4 Å². The van der Waals surface area contributed by atoms with E-state index in [0.717, 1.165) is 18.9 Å². The first-order chi connectivity index (χ1) is 6.45. The molecule has 1 atom stereocenters. The average molecular weight is 175 g/mol. The lowest BCUT2D eigenvalue weighted by atomic mass is 10.1. The summed E-state index contributed by atoms with van der Waals surface area (Å²) in [4.78, 5) is 8.24. The van der Waals surface area contributed by atoms with Gasteiger partial charge >= 0.3 is 0 Å². The van der Waals surface area contributed by atoms with Gasteiger partial charge in [-0.05, 0) is 31.0 Å². The molecule has 3 nitrogen and oxygen atoms in total. The highest BCUT2D eigenvalue weighted by Gasteiger charge is 2.10. The quantitative estimate of drug-likeness (QED) is 0.731. The van der Waals surface area contributed by atoms with Crippen LogP contribution in [0.15, 0.2) is 24.5 Å². The first-order valence-corrected chi connectivity index (χ1v) is 4.61. The highest BCUT2D eigenvalue weighted by Crippen LogP contribution is 2.09. The van der Waals surface area contributed by atoms with Crippen LogP contribution in [0.3, 0.4) is 0 Å². The van der Waals surface area contributed by atoms with Gasteiger partial charge < -0.3 is 5.32 Å². The number of hydrogen-bond acceptors (Lipinski definition) is 3. The van der Waals surface area contributed by atoms with Crippen molar-refractivity contribution in [3.8, 4) is 0 Å². The molecule has 1 aromatic heterocycles. The Bertz CT molecular complexity index is 275. The normalized spacial score (nSPS) is 22.6. The van der Waals surface area contributed by atoms with Crippen LogP contribution in [0.25, 0.3) is 6.08 Å². The van der Waals surface area contributed by atoms with Gasteiger partial charge in [0.05, 0.1) is 0 Å². The molecule has 3 heteroatoms. The largest absolute Gasteiger partial charge is 0.316 e. The molecule has 0 aromatic carbocycles. The van der Waals surface area contributed by atoms with Crippen molar-refractivity contribution in [1.82, 2.24) is 15.3 Å². The van der Waals surface area contributed by atoms with Crippen LogP contribution < -0.4 is 5.32 Å². The Labute approximate surface area is 77.9 Å². The lowest BCUT2D eigenvalue weighted by molar-refractivity contribution is 0.731. The zero-order valence-corrected chi connectivity index (χ0v) is 7.48. The molecule has 1 unspecified atom stereocenters. The molecule has 0 bridgehead atoms. The molecule has 1 aliphatic rings. The summed E-state index contributed by atoms with van der Waals surface area (Å²) in [7, 11) is 0. The maximum absolute atomic E-state index is 4.12. The Hall–Kier alpha value is -1.22. The Morgan fingerprint density at radius 3 is 2.92 bits per heavy atom. The summed E-state index contributed by atoms with van der Waals surface area (Å²) in [5.41, 5.74) is 0. The second kappa shape index (κ2) is 4.14. The summed E-state index contributed by atoms with van der Waals surface area (Å²) in [5, 5.41) is 3.32. The predicted molar refractivity (Wildman–Crippen MR) is 52.0 cm³/mol. The van der Waals surface area contributed by atoms with E-state index < -0.39 is 0 Å². The molecule has 0 radical (unpaired) electrons. The van der Waals surface area contributed by atoms with Crippen molar-refractivity contribution in [2.24, 2.45) is 5.92 Å². The molecule has 0 amide bonds. The Balaban J connectivity index is 1.97. The Morgan fingerprint density at radius 2 is 2.23 bits per heavy atom. The fraction of sp³-hybridized carbons (Fsp3) is 0.400. The van der Waals surface area contributed by atoms with E-state index in [0.29, 0.717) is 5.92 Å². The first kappa shape index (κ1) is 8.38. The molecular formula is C10H13N3. The van der Waals surface area contributed by atoms with E-state index >= 15 is 0 Å². The van der Waals surface area contributed by atoms with Gasteiger partial charge in [0.25, 0.3) is 0 Å². The molecule has 0 aliphatic carbocycles. The topological polar surface area (TPSA) is 37.8 Å². The SMILES string of the molecule is C(=CC1CCNC1)c1ncccn1. The summed E-state index contributed by atoms with van der Waals surface area (Å²) < 4.78 is 0. The van der Waals surface area contributed by atoms with Gasteiger partial charge in [0, 0.05) is 18.9 Å². The number of nitrogens with zero attached hydrogens (tertiary/aromatic N) is 2. The van der Waals surface area contributed by atoms with Crippen LogP contribution in [0, 0.1) is 5.92 Å². The van der Waals surface area contributed by atoms with Crippen LogP contribution >= 0.6 is 0 Å². The van der Waals surface area contributed by atoms with Crippen molar-refractivity contribution in [3.05, 3.63) is 30.4 Å². The van der Waals surface area contributed by atoms with Crippen LogP contribution in [0.1, 0.15) is 12.2 Å². The van der Waals surface area contributed by atoms with E-state index in [1.165, 1.54) is 6.42 Å². The van der Waals surface area contributed by atoms with Gasteiger partial charge in [0.1, 0.15) is 0 Å². The van der Waals surface area contributed by atoms with E-state index in [-0.39, 0.29) is 0 Å². The Kier molecular flexibility index (Phi) is 2.67. The third-order valence-electron chi connectivity index (χ3n) is 2.20. The number of aromatic nitrogens is 2. The summed E-state index contributed by atoms with van der Waals surface area (Å²) in [6, 6.07) is 1.83.